The maximum absolute atomic E-state index is 12.1. The summed E-state index contributed by atoms with van der Waals surface area (Å²) >= 11 is 1.48. The van der Waals surface area contributed by atoms with Gasteiger partial charge < -0.3 is 4.74 Å². The highest BCUT2D eigenvalue weighted by Crippen LogP contribution is 2.61. The third-order valence-corrected chi connectivity index (χ3v) is 6.70. The highest BCUT2D eigenvalue weighted by atomic mass is 32.2. The van der Waals surface area contributed by atoms with E-state index in [1.165, 1.54) is 18.2 Å². The van der Waals surface area contributed by atoms with Crippen molar-refractivity contribution in [3.63, 3.8) is 0 Å². The quantitative estimate of drug-likeness (QED) is 0.611. The molecule has 0 spiro atoms. The first-order chi connectivity index (χ1) is 10.4. The molecule has 0 amide bonds. The van der Waals surface area contributed by atoms with E-state index < -0.39 is 0 Å². The van der Waals surface area contributed by atoms with Crippen molar-refractivity contribution >= 4 is 17.7 Å². The summed E-state index contributed by atoms with van der Waals surface area (Å²) in [4.78, 5) is 12.1. The van der Waals surface area contributed by atoms with Crippen LogP contribution in [0.25, 0.3) is 0 Å². The molecule has 0 N–H and O–H groups in total. The molecule has 3 aliphatic carbocycles. The van der Waals surface area contributed by atoms with Crippen molar-refractivity contribution in [3.05, 3.63) is 0 Å². The predicted octanol–water partition coefficient (Wildman–Crippen LogP) is 2.31. The molecule has 1 aromatic rings. The van der Waals surface area contributed by atoms with Crippen LogP contribution in [0, 0.1) is 23.2 Å². The molecule has 122 valence electrons. The first-order valence-corrected chi connectivity index (χ1v) is 8.92. The average Bonchev–Trinajstić information content (AvgIpc) is 2.86. The first kappa shape index (κ1) is 15.8. The smallest absolute Gasteiger partial charge is 0.306 e. The highest BCUT2D eigenvalue weighted by Gasteiger charge is 2.57. The Morgan fingerprint density at radius 3 is 2.82 bits per heavy atom. The number of aryl methyl sites for hydroxylation is 1. The number of aromatic nitrogens is 4. The fourth-order valence-corrected chi connectivity index (χ4v) is 4.82. The Labute approximate surface area is 135 Å². The van der Waals surface area contributed by atoms with E-state index in [0.717, 1.165) is 11.6 Å². The second-order valence-corrected chi connectivity index (χ2v) is 8.23. The highest BCUT2D eigenvalue weighted by molar-refractivity contribution is 7.99. The minimum atomic E-state index is -0.0985. The molecule has 3 saturated carbocycles. The number of hydrogen-bond acceptors (Lipinski definition) is 6. The second kappa shape index (κ2) is 5.83. The summed E-state index contributed by atoms with van der Waals surface area (Å²) in [6, 6.07) is 0. The van der Waals surface area contributed by atoms with E-state index in [2.05, 4.69) is 36.3 Å². The number of tetrazole rings is 1. The van der Waals surface area contributed by atoms with Crippen LogP contribution in [-0.4, -0.2) is 38.0 Å². The van der Waals surface area contributed by atoms with Crippen LogP contribution >= 0.6 is 11.8 Å². The van der Waals surface area contributed by atoms with Crippen molar-refractivity contribution in [1.82, 2.24) is 20.2 Å². The van der Waals surface area contributed by atoms with E-state index >= 15 is 0 Å². The lowest BCUT2D eigenvalue weighted by atomic mass is 9.45. The van der Waals surface area contributed by atoms with Crippen LogP contribution in [0.15, 0.2) is 5.16 Å². The van der Waals surface area contributed by atoms with Crippen molar-refractivity contribution < 1.29 is 9.53 Å². The molecule has 0 saturated heterocycles. The van der Waals surface area contributed by atoms with E-state index in [-0.39, 0.29) is 12.1 Å². The lowest BCUT2D eigenvalue weighted by Gasteiger charge is -2.61. The predicted molar refractivity (Wildman–Crippen MR) is 83.2 cm³/mol. The van der Waals surface area contributed by atoms with Crippen LogP contribution < -0.4 is 0 Å². The Hall–Kier alpha value is -1.11. The number of rotatable bonds is 5. The largest absolute Gasteiger partial charge is 0.462 e. The Bertz CT molecular complexity index is 559. The van der Waals surface area contributed by atoms with Gasteiger partial charge in [-0.2, -0.15) is 0 Å². The molecule has 6 nitrogen and oxygen atoms in total. The maximum atomic E-state index is 12.1. The van der Waals surface area contributed by atoms with Gasteiger partial charge in [-0.05, 0) is 46.4 Å². The van der Waals surface area contributed by atoms with Crippen LogP contribution in [-0.2, 0) is 16.6 Å². The topological polar surface area (TPSA) is 69.9 Å². The summed E-state index contributed by atoms with van der Waals surface area (Å²) in [7, 11) is 1.79. The summed E-state index contributed by atoms with van der Waals surface area (Å²) in [6.07, 6.45) is 2.83. The van der Waals surface area contributed by atoms with Crippen LogP contribution in [0.3, 0.4) is 0 Å². The zero-order valence-electron chi connectivity index (χ0n) is 13.7. The van der Waals surface area contributed by atoms with Gasteiger partial charge in [0.05, 0.1) is 6.42 Å². The Morgan fingerprint density at radius 1 is 1.45 bits per heavy atom. The molecule has 0 aliphatic heterocycles. The lowest BCUT2D eigenvalue weighted by Crippen LogP contribution is -2.57. The molecule has 0 aromatic carbocycles. The molecule has 7 heteroatoms. The minimum absolute atomic E-state index is 0.0985. The SMILES string of the molecule is C[C@@H]1[C@@H](OC(=O)CCSc2nnnn2C)C[C@H]2C[C@H]1C2(C)C. The van der Waals surface area contributed by atoms with Gasteiger partial charge in [0.15, 0.2) is 0 Å². The molecule has 0 unspecified atom stereocenters. The van der Waals surface area contributed by atoms with Crippen molar-refractivity contribution in [3.8, 4) is 0 Å². The van der Waals surface area contributed by atoms with Crippen LogP contribution in [0.4, 0.5) is 0 Å². The summed E-state index contributed by atoms with van der Waals surface area (Å²) in [5, 5.41) is 11.9. The molecule has 22 heavy (non-hydrogen) atoms. The summed E-state index contributed by atoms with van der Waals surface area (Å²) in [5.74, 6) is 2.43. The Morgan fingerprint density at radius 2 is 2.23 bits per heavy atom. The van der Waals surface area contributed by atoms with E-state index in [1.807, 2.05) is 0 Å². The zero-order chi connectivity index (χ0) is 15.9. The molecule has 1 aromatic heterocycles. The third-order valence-electron chi connectivity index (χ3n) is 5.69. The van der Waals surface area contributed by atoms with Gasteiger partial charge in [-0.1, -0.05) is 32.5 Å². The fourth-order valence-electron chi connectivity index (χ4n) is 4.06. The third kappa shape index (κ3) is 2.75. The van der Waals surface area contributed by atoms with Gasteiger partial charge in [-0.15, -0.1) is 5.10 Å². The van der Waals surface area contributed by atoms with Crippen LogP contribution in [0.1, 0.15) is 40.0 Å². The summed E-state index contributed by atoms with van der Waals surface area (Å²) < 4.78 is 7.34. The van der Waals surface area contributed by atoms with Gasteiger partial charge in [0, 0.05) is 12.8 Å². The summed E-state index contributed by atoms with van der Waals surface area (Å²) in [6.45, 7) is 6.94. The van der Waals surface area contributed by atoms with Crippen molar-refractivity contribution in [1.29, 1.82) is 0 Å². The van der Waals surface area contributed by atoms with Gasteiger partial charge in [0.1, 0.15) is 6.10 Å². The summed E-state index contributed by atoms with van der Waals surface area (Å²) in [5.41, 5.74) is 0.427. The number of carbonyl (C=O) groups excluding carboxylic acids is 1. The van der Waals surface area contributed by atoms with E-state index in [4.69, 9.17) is 4.74 Å². The molecule has 4 atom stereocenters. The molecule has 3 fully saturated rings. The number of ether oxygens (including phenoxy) is 1. The van der Waals surface area contributed by atoms with Crippen molar-refractivity contribution in [2.24, 2.45) is 30.2 Å². The molecular weight excluding hydrogens is 300 g/mol. The zero-order valence-corrected chi connectivity index (χ0v) is 14.5. The van der Waals surface area contributed by atoms with Crippen LogP contribution in [0.5, 0.6) is 0 Å². The van der Waals surface area contributed by atoms with Crippen molar-refractivity contribution in [2.45, 2.75) is 51.3 Å². The first-order valence-electron chi connectivity index (χ1n) is 7.94. The Kier molecular flexibility index (Phi) is 4.18. The van der Waals surface area contributed by atoms with Gasteiger partial charge >= 0.3 is 5.97 Å². The fraction of sp³-hybridized carbons (Fsp3) is 0.867. The molecule has 4 rings (SSSR count). The Balaban J connectivity index is 1.44. The molecule has 3 aliphatic rings. The van der Waals surface area contributed by atoms with Gasteiger partial charge in [0.2, 0.25) is 5.16 Å². The van der Waals surface area contributed by atoms with E-state index in [9.17, 15) is 4.79 Å². The molecule has 1 heterocycles. The molecule has 2 bridgehead atoms. The minimum Gasteiger partial charge on any atom is -0.462 e. The number of nitrogens with zero attached hydrogens (tertiary/aromatic N) is 4. The lowest BCUT2D eigenvalue weighted by molar-refractivity contribution is -0.185. The number of esters is 1. The molecule has 0 radical (unpaired) electrons. The normalized spacial score (nSPS) is 32.4. The number of fused-ring (bicyclic) bond motifs is 2. The molecular formula is C15H24N4O2S. The van der Waals surface area contributed by atoms with Gasteiger partial charge in [0.25, 0.3) is 0 Å². The number of carbonyl (C=O) groups is 1. The number of hydrogen-bond donors (Lipinski definition) is 0. The number of thioether (sulfide) groups is 1. The average molecular weight is 324 g/mol. The standard InChI is InChI=1S/C15H24N4O2S/c1-9-11-7-10(15(11,2)3)8-12(9)21-13(20)5-6-22-14-16-17-18-19(14)4/h9-12H,5-8H2,1-4H3/t9-,10+,11+,12-/m0/s1. The van der Waals surface area contributed by atoms with E-state index in [0.29, 0.717) is 35.3 Å². The van der Waals surface area contributed by atoms with Gasteiger partial charge in [-0.25, -0.2) is 4.68 Å². The van der Waals surface area contributed by atoms with Crippen molar-refractivity contribution in [2.75, 3.05) is 5.75 Å². The second-order valence-electron chi connectivity index (χ2n) is 7.17. The van der Waals surface area contributed by atoms with Gasteiger partial charge in [-0.3, -0.25) is 4.79 Å². The van der Waals surface area contributed by atoms with Crippen LogP contribution in [0.2, 0.25) is 0 Å². The van der Waals surface area contributed by atoms with E-state index in [1.54, 1.807) is 11.7 Å². The maximum Gasteiger partial charge on any atom is 0.306 e. The monoisotopic (exact) mass is 324 g/mol.